The molecule has 0 spiro atoms. The molecule has 1 heterocycles. The predicted octanol–water partition coefficient (Wildman–Crippen LogP) is 4.49. The molecule has 1 aromatic carbocycles. The number of hydrogen-bond acceptors (Lipinski definition) is 2. The summed E-state index contributed by atoms with van der Waals surface area (Å²) in [6.07, 6.45) is 0.318. The van der Waals surface area contributed by atoms with Crippen LogP contribution in [0.5, 0.6) is 0 Å². The third kappa shape index (κ3) is 2.79. The minimum absolute atomic E-state index is 0.0797. The number of carbonyl (C=O) groups is 1. The molecular weight excluding hydrogens is 303 g/mol. The fourth-order valence-electron chi connectivity index (χ4n) is 1.56. The molecule has 0 saturated heterocycles. The average molecular weight is 314 g/mol. The van der Waals surface area contributed by atoms with E-state index in [1.165, 1.54) is 6.92 Å². The van der Waals surface area contributed by atoms with Crippen molar-refractivity contribution in [3.63, 3.8) is 0 Å². The van der Waals surface area contributed by atoms with E-state index in [-0.39, 0.29) is 5.78 Å². The topological polar surface area (TPSA) is 30.2 Å². The molecule has 4 heteroatoms. The Morgan fingerprint density at radius 3 is 2.82 bits per heavy atom. The zero-order valence-corrected chi connectivity index (χ0v) is 11.5. The van der Waals surface area contributed by atoms with E-state index in [0.717, 1.165) is 10.0 Å². The van der Waals surface area contributed by atoms with Crippen LogP contribution >= 0.6 is 27.5 Å². The molecule has 0 bridgehead atoms. The molecule has 0 aliphatic carbocycles. The second kappa shape index (κ2) is 5.07. The molecule has 2 rings (SSSR count). The van der Waals surface area contributed by atoms with Gasteiger partial charge in [-0.1, -0.05) is 17.7 Å². The number of halogens is 2. The number of benzene rings is 1. The maximum absolute atomic E-state index is 11.0. The van der Waals surface area contributed by atoms with Crippen molar-refractivity contribution in [3.8, 4) is 11.3 Å². The normalized spacial score (nSPS) is 10.5. The van der Waals surface area contributed by atoms with Crippen LogP contribution in [0.2, 0.25) is 5.02 Å². The second-order valence-electron chi connectivity index (χ2n) is 3.75. The molecule has 0 fully saturated rings. The lowest BCUT2D eigenvalue weighted by Crippen LogP contribution is -1.93. The van der Waals surface area contributed by atoms with Crippen LogP contribution in [0.25, 0.3) is 11.3 Å². The zero-order chi connectivity index (χ0) is 12.4. The number of rotatable bonds is 3. The van der Waals surface area contributed by atoms with Gasteiger partial charge in [0.25, 0.3) is 0 Å². The highest BCUT2D eigenvalue weighted by atomic mass is 79.9. The van der Waals surface area contributed by atoms with Gasteiger partial charge >= 0.3 is 0 Å². The third-order valence-corrected chi connectivity index (χ3v) is 3.70. The number of furan rings is 1. The fourth-order valence-corrected chi connectivity index (χ4v) is 2.19. The van der Waals surface area contributed by atoms with Gasteiger partial charge < -0.3 is 4.42 Å². The van der Waals surface area contributed by atoms with Gasteiger partial charge in [0.05, 0.1) is 11.4 Å². The van der Waals surface area contributed by atoms with Crippen LogP contribution in [-0.4, -0.2) is 5.78 Å². The van der Waals surface area contributed by atoms with E-state index in [2.05, 4.69) is 15.9 Å². The summed E-state index contributed by atoms with van der Waals surface area (Å²) in [5.74, 6) is 1.45. The largest absolute Gasteiger partial charge is 0.461 e. The van der Waals surface area contributed by atoms with E-state index in [1.54, 1.807) is 6.07 Å². The van der Waals surface area contributed by atoms with Crippen LogP contribution in [-0.2, 0) is 11.2 Å². The first-order valence-corrected chi connectivity index (χ1v) is 6.27. The van der Waals surface area contributed by atoms with Gasteiger partial charge in [-0.15, -0.1) is 0 Å². The molecule has 0 amide bonds. The molecule has 17 heavy (non-hydrogen) atoms. The van der Waals surface area contributed by atoms with E-state index in [0.29, 0.717) is 23.0 Å². The van der Waals surface area contributed by atoms with E-state index in [1.807, 2.05) is 24.3 Å². The monoisotopic (exact) mass is 312 g/mol. The van der Waals surface area contributed by atoms with Crippen molar-refractivity contribution in [1.29, 1.82) is 0 Å². The lowest BCUT2D eigenvalue weighted by Gasteiger charge is -2.02. The average Bonchev–Trinajstić information content (AvgIpc) is 2.69. The standard InChI is InChI=1S/C13H10BrClO2/c1-8(16)7-9-5-6-12(17-9)10-3-2-4-11(15)13(10)14/h2-6H,7H2,1H3. The Balaban J connectivity index is 2.37. The molecule has 2 nitrogen and oxygen atoms in total. The van der Waals surface area contributed by atoms with Crippen LogP contribution in [0.1, 0.15) is 12.7 Å². The molecule has 1 aromatic heterocycles. The van der Waals surface area contributed by atoms with Crippen molar-refractivity contribution in [2.45, 2.75) is 13.3 Å². The highest BCUT2D eigenvalue weighted by molar-refractivity contribution is 9.10. The third-order valence-electron chi connectivity index (χ3n) is 2.30. The van der Waals surface area contributed by atoms with E-state index in [4.69, 9.17) is 16.0 Å². The van der Waals surface area contributed by atoms with Crippen LogP contribution in [0.15, 0.2) is 39.2 Å². The van der Waals surface area contributed by atoms with Gasteiger partial charge in [0, 0.05) is 10.0 Å². The van der Waals surface area contributed by atoms with Crippen LogP contribution in [0.3, 0.4) is 0 Å². The minimum atomic E-state index is 0.0797. The van der Waals surface area contributed by atoms with Gasteiger partial charge in [0.1, 0.15) is 17.3 Å². The first-order chi connectivity index (χ1) is 8.08. The number of carbonyl (C=O) groups excluding carboxylic acids is 1. The molecule has 0 radical (unpaired) electrons. The van der Waals surface area contributed by atoms with Gasteiger partial charge in [-0.3, -0.25) is 4.79 Å². The highest BCUT2D eigenvalue weighted by Gasteiger charge is 2.11. The first-order valence-electron chi connectivity index (χ1n) is 5.10. The van der Waals surface area contributed by atoms with Crippen LogP contribution < -0.4 is 0 Å². The summed E-state index contributed by atoms with van der Waals surface area (Å²) < 4.78 is 6.40. The van der Waals surface area contributed by atoms with Gasteiger partial charge in [0.2, 0.25) is 0 Å². The number of Topliss-reactive ketones (excluding diaryl/α,β-unsaturated/α-hetero) is 1. The van der Waals surface area contributed by atoms with Crippen LogP contribution in [0, 0.1) is 0 Å². The maximum Gasteiger partial charge on any atom is 0.137 e. The summed E-state index contributed by atoms with van der Waals surface area (Å²) in [5, 5.41) is 0.631. The first kappa shape index (κ1) is 12.4. The van der Waals surface area contributed by atoms with Gasteiger partial charge in [-0.05, 0) is 47.1 Å². The molecule has 2 aromatic rings. The Kier molecular flexibility index (Phi) is 3.69. The zero-order valence-electron chi connectivity index (χ0n) is 9.17. The second-order valence-corrected chi connectivity index (χ2v) is 4.95. The lowest BCUT2D eigenvalue weighted by molar-refractivity contribution is -0.116. The minimum Gasteiger partial charge on any atom is -0.461 e. The molecule has 0 N–H and O–H groups in total. The number of ketones is 1. The molecule has 0 atom stereocenters. The van der Waals surface area contributed by atoms with E-state index >= 15 is 0 Å². The molecular formula is C13H10BrClO2. The van der Waals surface area contributed by atoms with Gasteiger partial charge in [-0.25, -0.2) is 0 Å². The Bertz CT molecular complexity index is 560. The highest BCUT2D eigenvalue weighted by Crippen LogP contribution is 2.34. The summed E-state index contributed by atoms with van der Waals surface area (Å²) in [6.45, 7) is 1.54. The summed E-state index contributed by atoms with van der Waals surface area (Å²) in [7, 11) is 0. The lowest BCUT2D eigenvalue weighted by atomic mass is 10.2. The molecule has 0 saturated carbocycles. The fraction of sp³-hybridized carbons (Fsp3) is 0.154. The summed E-state index contributed by atoms with van der Waals surface area (Å²) in [4.78, 5) is 11.0. The van der Waals surface area contributed by atoms with Crippen LogP contribution in [0.4, 0.5) is 0 Å². The predicted molar refractivity (Wildman–Crippen MR) is 71.2 cm³/mol. The van der Waals surface area contributed by atoms with Gasteiger partial charge in [-0.2, -0.15) is 0 Å². The van der Waals surface area contributed by atoms with Crippen molar-refractivity contribution in [2.75, 3.05) is 0 Å². The summed E-state index contributed by atoms with van der Waals surface area (Å²) >= 11 is 9.43. The quantitative estimate of drug-likeness (QED) is 0.835. The number of hydrogen-bond donors (Lipinski definition) is 0. The van der Waals surface area contributed by atoms with Crippen molar-refractivity contribution in [1.82, 2.24) is 0 Å². The van der Waals surface area contributed by atoms with E-state index in [9.17, 15) is 4.79 Å². The molecule has 0 unspecified atom stereocenters. The Morgan fingerprint density at radius 1 is 1.35 bits per heavy atom. The van der Waals surface area contributed by atoms with Crippen molar-refractivity contribution >= 4 is 33.3 Å². The smallest absolute Gasteiger partial charge is 0.137 e. The van der Waals surface area contributed by atoms with Crippen molar-refractivity contribution in [3.05, 3.63) is 45.6 Å². The summed E-state index contributed by atoms with van der Waals surface area (Å²) in [6, 6.07) is 9.22. The SMILES string of the molecule is CC(=O)Cc1ccc(-c2cccc(Cl)c2Br)o1. The molecule has 88 valence electrons. The maximum atomic E-state index is 11.0. The Morgan fingerprint density at radius 2 is 2.12 bits per heavy atom. The van der Waals surface area contributed by atoms with Gasteiger partial charge in [0.15, 0.2) is 0 Å². The Labute approximate surface area is 113 Å². The Hall–Kier alpha value is -1.06. The molecule has 0 aliphatic heterocycles. The van der Waals surface area contributed by atoms with Crippen molar-refractivity contribution < 1.29 is 9.21 Å². The van der Waals surface area contributed by atoms with E-state index < -0.39 is 0 Å². The summed E-state index contributed by atoms with van der Waals surface area (Å²) in [5.41, 5.74) is 0.882. The van der Waals surface area contributed by atoms with Crippen molar-refractivity contribution in [2.24, 2.45) is 0 Å². The molecule has 0 aliphatic rings.